The van der Waals surface area contributed by atoms with Crippen LogP contribution in [0.3, 0.4) is 0 Å². The summed E-state index contributed by atoms with van der Waals surface area (Å²) in [4.78, 5) is 0. The molecule has 1 aliphatic heterocycles. The number of hydrogen-bond acceptors (Lipinski definition) is 2. The molecule has 2 fully saturated rings. The van der Waals surface area contributed by atoms with Crippen LogP contribution in [0.25, 0.3) is 0 Å². The fourth-order valence-corrected chi connectivity index (χ4v) is 2.65. The first-order valence-corrected chi connectivity index (χ1v) is 5.43. The van der Waals surface area contributed by atoms with Crippen LogP contribution in [-0.2, 0) is 0 Å². The molecule has 2 rings (SSSR count). The van der Waals surface area contributed by atoms with Gasteiger partial charge in [-0.1, -0.05) is 27.7 Å². The Labute approximate surface area is 81.5 Å². The molecule has 1 aliphatic carbocycles. The summed E-state index contributed by atoms with van der Waals surface area (Å²) in [6.45, 7) is 11.8. The smallest absolute Gasteiger partial charge is 0.0207 e. The predicted octanol–water partition coefficient (Wildman–Crippen LogP) is 1.37. The molecule has 13 heavy (non-hydrogen) atoms. The summed E-state index contributed by atoms with van der Waals surface area (Å²) in [5, 5.41) is 7.17. The van der Waals surface area contributed by atoms with E-state index in [-0.39, 0.29) is 0 Å². The van der Waals surface area contributed by atoms with Gasteiger partial charge in [-0.3, -0.25) is 0 Å². The summed E-state index contributed by atoms with van der Waals surface area (Å²) in [6, 6.07) is 1.43. The Morgan fingerprint density at radius 2 is 1.77 bits per heavy atom. The lowest BCUT2D eigenvalue weighted by atomic mass is 10.0. The van der Waals surface area contributed by atoms with Gasteiger partial charge in [0.25, 0.3) is 0 Å². The Balaban J connectivity index is 1.90. The van der Waals surface area contributed by atoms with Crippen LogP contribution in [0.4, 0.5) is 0 Å². The standard InChI is InChI=1S/C11H22N2/c1-10(2)9(11(10,3)4)13-8-5-6-12-7-8/h8-9,12-13H,5-7H2,1-4H3. The van der Waals surface area contributed by atoms with Gasteiger partial charge in [0.2, 0.25) is 0 Å². The molecule has 0 spiro atoms. The molecular formula is C11H22N2. The zero-order valence-electron chi connectivity index (χ0n) is 9.28. The van der Waals surface area contributed by atoms with E-state index in [1.54, 1.807) is 0 Å². The molecule has 0 aromatic rings. The highest BCUT2D eigenvalue weighted by Gasteiger charge is 2.64. The van der Waals surface area contributed by atoms with Crippen molar-refractivity contribution in [1.29, 1.82) is 0 Å². The molecule has 0 amide bonds. The molecular weight excluding hydrogens is 160 g/mol. The van der Waals surface area contributed by atoms with E-state index in [1.165, 1.54) is 13.0 Å². The fourth-order valence-electron chi connectivity index (χ4n) is 2.65. The van der Waals surface area contributed by atoms with E-state index in [2.05, 4.69) is 38.3 Å². The van der Waals surface area contributed by atoms with Crippen molar-refractivity contribution in [2.75, 3.05) is 13.1 Å². The number of rotatable bonds is 2. The maximum Gasteiger partial charge on any atom is 0.0207 e. The van der Waals surface area contributed by atoms with Crippen molar-refractivity contribution in [2.24, 2.45) is 10.8 Å². The molecule has 0 aromatic heterocycles. The van der Waals surface area contributed by atoms with Gasteiger partial charge in [-0.05, 0) is 23.8 Å². The summed E-state index contributed by atoms with van der Waals surface area (Å²) in [6.07, 6.45) is 1.29. The first-order valence-electron chi connectivity index (χ1n) is 5.43. The second-order valence-electron chi connectivity index (χ2n) is 5.73. The number of nitrogens with one attached hydrogen (secondary N) is 2. The van der Waals surface area contributed by atoms with Crippen LogP contribution in [0.5, 0.6) is 0 Å². The van der Waals surface area contributed by atoms with Crippen molar-refractivity contribution in [3.63, 3.8) is 0 Å². The van der Waals surface area contributed by atoms with Crippen LogP contribution in [0, 0.1) is 10.8 Å². The molecule has 1 heterocycles. The average Bonchev–Trinajstić information content (AvgIpc) is 2.44. The Kier molecular flexibility index (Phi) is 1.97. The Morgan fingerprint density at radius 1 is 1.15 bits per heavy atom. The topological polar surface area (TPSA) is 24.1 Å². The second kappa shape index (κ2) is 2.71. The molecule has 2 aliphatic rings. The minimum absolute atomic E-state index is 0.482. The van der Waals surface area contributed by atoms with Crippen LogP contribution >= 0.6 is 0 Å². The van der Waals surface area contributed by atoms with Crippen molar-refractivity contribution in [1.82, 2.24) is 10.6 Å². The summed E-state index contributed by atoms with van der Waals surface area (Å²) in [7, 11) is 0. The minimum Gasteiger partial charge on any atom is -0.315 e. The maximum absolute atomic E-state index is 3.77. The third-order valence-electron chi connectivity index (χ3n) is 4.48. The van der Waals surface area contributed by atoms with Crippen LogP contribution in [0.1, 0.15) is 34.1 Å². The van der Waals surface area contributed by atoms with Gasteiger partial charge in [0.05, 0.1) is 0 Å². The minimum atomic E-state index is 0.482. The lowest BCUT2D eigenvalue weighted by Crippen LogP contribution is -2.35. The molecule has 2 N–H and O–H groups in total. The van der Waals surface area contributed by atoms with Gasteiger partial charge in [-0.2, -0.15) is 0 Å². The molecule has 0 aromatic carbocycles. The van der Waals surface area contributed by atoms with E-state index in [0.717, 1.165) is 6.54 Å². The first kappa shape index (κ1) is 9.47. The lowest BCUT2D eigenvalue weighted by Gasteiger charge is -2.12. The molecule has 1 atom stereocenters. The molecule has 1 unspecified atom stereocenters. The van der Waals surface area contributed by atoms with E-state index in [0.29, 0.717) is 22.9 Å². The largest absolute Gasteiger partial charge is 0.315 e. The zero-order valence-corrected chi connectivity index (χ0v) is 9.28. The van der Waals surface area contributed by atoms with Gasteiger partial charge in [0.15, 0.2) is 0 Å². The molecule has 76 valence electrons. The Morgan fingerprint density at radius 3 is 2.15 bits per heavy atom. The molecule has 0 radical (unpaired) electrons. The van der Waals surface area contributed by atoms with Crippen molar-refractivity contribution in [3.05, 3.63) is 0 Å². The molecule has 2 heteroatoms. The van der Waals surface area contributed by atoms with Crippen molar-refractivity contribution in [2.45, 2.75) is 46.2 Å². The third kappa shape index (κ3) is 1.31. The number of hydrogen-bond donors (Lipinski definition) is 2. The first-order chi connectivity index (χ1) is 5.96. The average molecular weight is 182 g/mol. The van der Waals surface area contributed by atoms with E-state index in [4.69, 9.17) is 0 Å². The lowest BCUT2D eigenvalue weighted by molar-refractivity contribution is 0.457. The van der Waals surface area contributed by atoms with E-state index < -0.39 is 0 Å². The maximum atomic E-state index is 3.77. The van der Waals surface area contributed by atoms with E-state index >= 15 is 0 Å². The summed E-state index contributed by atoms with van der Waals surface area (Å²) >= 11 is 0. The summed E-state index contributed by atoms with van der Waals surface area (Å²) in [5.74, 6) is 0. The highest BCUT2D eigenvalue weighted by molar-refractivity contribution is 5.18. The van der Waals surface area contributed by atoms with Gasteiger partial charge in [-0.15, -0.1) is 0 Å². The van der Waals surface area contributed by atoms with E-state index in [9.17, 15) is 0 Å². The summed E-state index contributed by atoms with van der Waals surface area (Å²) < 4.78 is 0. The Bertz CT molecular complexity index is 188. The van der Waals surface area contributed by atoms with Crippen LogP contribution in [-0.4, -0.2) is 25.2 Å². The van der Waals surface area contributed by atoms with Gasteiger partial charge < -0.3 is 10.6 Å². The highest BCUT2D eigenvalue weighted by Crippen LogP contribution is 2.62. The predicted molar refractivity (Wildman–Crippen MR) is 55.8 cm³/mol. The van der Waals surface area contributed by atoms with Gasteiger partial charge in [-0.25, -0.2) is 0 Å². The van der Waals surface area contributed by atoms with Crippen molar-refractivity contribution in [3.8, 4) is 0 Å². The monoisotopic (exact) mass is 182 g/mol. The molecule has 1 saturated carbocycles. The van der Waals surface area contributed by atoms with E-state index in [1.807, 2.05) is 0 Å². The highest BCUT2D eigenvalue weighted by atomic mass is 15.1. The van der Waals surface area contributed by atoms with Gasteiger partial charge in [0, 0.05) is 18.6 Å². The van der Waals surface area contributed by atoms with Crippen molar-refractivity contribution >= 4 is 0 Å². The van der Waals surface area contributed by atoms with Crippen LogP contribution in [0.15, 0.2) is 0 Å². The van der Waals surface area contributed by atoms with Crippen LogP contribution < -0.4 is 10.6 Å². The van der Waals surface area contributed by atoms with Crippen LogP contribution in [0.2, 0.25) is 0 Å². The quantitative estimate of drug-likeness (QED) is 0.674. The third-order valence-corrected chi connectivity index (χ3v) is 4.48. The van der Waals surface area contributed by atoms with Crippen molar-refractivity contribution < 1.29 is 0 Å². The van der Waals surface area contributed by atoms with Gasteiger partial charge >= 0.3 is 0 Å². The van der Waals surface area contributed by atoms with Gasteiger partial charge in [0.1, 0.15) is 0 Å². The fraction of sp³-hybridized carbons (Fsp3) is 1.00. The SMILES string of the molecule is CC1(C)C(NC2CCNC2)C1(C)C. The normalized spacial score (nSPS) is 36.5. The zero-order chi connectivity index (χ0) is 9.69. The Hall–Kier alpha value is -0.0800. The molecule has 2 nitrogen and oxygen atoms in total. The summed E-state index contributed by atoms with van der Waals surface area (Å²) in [5.41, 5.74) is 0.963. The molecule has 0 bridgehead atoms. The molecule has 1 saturated heterocycles. The second-order valence-corrected chi connectivity index (χ2v) is 5.73.